The Bertz CT molecular complexity index is 552. The van der Waals surface area contributed by atoms with E-state index >= 15 is 0 Å². The van der Waals surface area contributed by atoms with Crippen molar-refractivity contribution in [3.05, 3.63) is 29.8 Å². The fraction of sp³-hybridized carbons (Fsp3) is 0.357. The molecule has 0 unspecified atom stereocenters. The molecule has 0 fully saturated rings. The van der Waals surface area contributed by atoms with E-state index in [-0.39, 0.29) is 5.41 Å². The van der Waals surface area contributed by atoms with E-state index in [4.69, 9.17) is 10.5 Å². The zero-order chi connectivity index (χ0) is 13.3. The van der Waals surface area contributed by atoms with Crippen molar-refractivity contribution in [2.24, 2.45) is 0 Å². The van der Waals surface area contributed by atoms with E-state index in [0.717, 1.165) is 22.6 Å². The molecule has 0 atom stereocenters. The van der Waals surface area contributed by atoms with Crippen molar-refractivity contribution in [1.82, 2.24) is 10.2 Å². The number of nitrogens with two attached hydrogens (primary N) is 1. The number of nitrogens with zero attached hydrogens (tertiary/aromatic N) is 1. The summed E-state index contributed by atoms with van der Waals surface area (Å²) in [5.74, 6) is 1.40. The van der Waals surface area contributed by atoms with Crippen LogP contribution in [0.1, 0.15) is 26.3 Å². The summed E-state index contributed by atoms with van der Waals surface area (Å²) in [5.41, 5.74) is 8.79. The molecule has 0 saturated heterocycles. The molecule has 18 heavy (non-hydrogen) atoms. The third-order valence-corrected chi connectivity index (χ3v) is 2.92. The standard InChI is InChI=1S/C14H19N3O/c1-14(2,3)10-7-9(5-6-12(10)18-4)11-8-13(15)17-16-11/h5-8H,1-4H3,(H3,15,16,17). The lowest BCUT2D eigenvalue weighted by atomic mass is 9.85. The largest absolute Gasteiger partial charge is 0.496 e. The number of nitrogens with one attached hydrogen (secondary N) is 1. The van der Waals surface area contributed by atoms with E-state index in [9.17, 15) is 0 Å². The maximum Gasteiger partial charge on any atom is 0.145 e. The highest BCUT2D eigenvalue weighted by atomic mass is 16.5. The molecule has 0 radical (unpaired) electrons. The van der Waals surface area contributed by atoms with Crippen molar-refractivity contribution in [3.8, 4) is 17.0 Å². The lowest BCUT2D eigenvalue weighted by Gasteiger charge is -2.22. The van der Waals surface area contributed by atoms with Gasteiger partial charge in [-0.3, -0.25) is 5.10 Å². The molecular weight excluding hydrogens is 226 g/mol. The fourth-order valence-corrected chi connectivity index (χ4v) is 1.95. The third kappa shape index (κ3) is 2.32. The summed E-state index contributed by atoms with van der Waals surface area (Å²) in [7, 11) is 1.69. The van der Waals surface area contributed by atoms with Gasteiger partial charge in [-0.2, -0.15) is 5.10 Å². The molecule has 0 bridgehead atoms. The molecule has 0 spiro atoms. The van der Waals surface area contributed by atoms with Gasteiger partial charge in [-0.15, -0.1) is 0 Å². The van der Waals surface area contributed by atoms with Crippen molar-refractivity contribution in [2.45, 2.75) is 26.2 Å². The first-order valence-corrected chi connectivity index (χ1v) is 5.91. The SMILES string of the molecule is COc1ccc(-c2cc(N)n[nH]2)cc1C(C)(C)C. The monoisotopic (exact) mass is 245 g/mol. The van der Waals surface area contributed by atoms with Crippen LogP contribution in [0.5, 0.6) is 5.75 Å². The number of nitrogen functional groups attached to an aromatic ring is 1. The Morgan fingerprint density at radius 2 is 1.94 bits per heavy atom. The van der Waals surface area contributed by atoms with Crippen LogP contribution in [0.4, 0.5) is 5.82 Å². The second kappa shape index (κ2) is 4.37. The zero-order valence-corrected chi connectivity index (χ0v) is 11.2. The van der Waals surface area contributed by atoms with Gasteiger partial charge in [0.15, 0.2) is 0 Å². The summed E-state index contributed by atoms with van der Waals surface area (Å²) >= 11 is 0. The molecule has 0 aliphatic heterocycles. The quantitative estimate of drug-likeness (QED) is 0.855. The van der Waals surface area contributed by atoms with Crippen LogP contribution in [0.15, 0.2) is 24.3 Å². The molecule has 4 nitrogen and oxygen atoms in total. The minimum atomic E-state index is 0.0208. The number of hydrogen-bond donors (Lipinski definition) is 2. The van der Waals surface area contributed by atoms with Crippen molar-refractivity contribution in [1.29, 1.82) is 0 Å². The molecule has 0 amide bonds. The predicted molar refractivity (Wildman–Crippen MR) is 73.7 cm³/mol. The molecule has 3 N–H and O–H groups in total. The fourth-order valence-electron chi connectivity index (χ4n) is 1.95. The van der Waals surface area contributed by atoms with E-state index in [1.165, 1.54) is 0 Å². The number of hydrogen-bond acceptors (Lipinski definition) is 3. The average Bonchev–Trinajstić information content (AvgIpc) is 2.74. The summed E-state index contributed by atoms with van der Waals surface area (Å²) in [6.45, 7) is 6.49. The topological polar surface area (TPSA) is 63.9 Å². The number of rotatable bonds is 2. The first kappa shape index (κ1) is 12.5. The van der Waals surface area contributed by atoms with Gasteiger partial charge in [0.1, 0.15) is 11.6 Å². The second-order valence-corrected chi connectivity index (χ2v) is 5.37. The number of aromatic amines is 1. The first-order chi connectivity index (χ1) is 8.41. The highest BCUT2D eigenvalue weighted by molar-refractivity contribution is 5.65. The molecule has 0 aliphatic rings. The van der Waals surface area contributed by atoms with Crippen LogP contribution in [0.25, 0.3) is 11.3 Å². The maximum atomic E-state index is 5.63. The highest BCUT2D eigenvalue weighted by Gasteiger charge is 2.19. The average molecular weight is 245 g/mol. The molecular formula is C14H19N3O. The Morgan fingerprint density at radius 1 is 1.22 bits per heavy atom. The molecule has 1 aromatic heterocycles. The Hall–Kier alpha value is -1.97. The van der Waals surface area contributed by atoms with E-state index in [0.29, 0.717) is 5.82 Å². The van der Waals surface area contributed by atoms with Gasteiger partial charge in [-0.05, 0) is 23.6 Å². The van der Waals surface area contributed by atoms with Gasteiger partial charge in [0, 0.05) is 17.2 Å². The molecule has 4 heteroatoms. The Labute approximate surface area is 107 Å². The van der Waals surface area contributed by atoms with Crippen LogP contribution in [0.2, 0.25) is 0 Å². The zero-order valence-electron chi connectivity index (χ0n) is 11.2. The molecule has 2 aromatic rings. The van der Waals surface area contributed by atoms with E-state index in [1.54, 1.807) is 7.11 Å². The van der Waals surface area contributed by atoms with Gasteiger partial charge in [0.05, 0.1) is 12.8 Å². The van der Waals surface area contributed by atoms with Crippen molar-refractivity contribution in [2.75, 3.05) is 12.8 Å². The Balaban J connectivity index is 2.52. The van der Waals surface area contributed by atoms with Crippen LogP contribution < -0.4 is 10.5 Å². The van der Waals surface area contributed by atoms with Crippen LogP contribution in [0.3, 0.4) is 0 Å². The van der Waals surface area contributed by atoms with Crippen molar-refractivity contribution < 1.29 is 4.74 Å². The molecule has 2 rings (SSSR count). The number of ether oxygens (including phenoxy) is 1. The van der Waals surface area contributed by atoms with Crippen LogP contribution >= 0.6 is 0 Å². The summed E-state index contributed by atoms with van der Waals surface area (Å²) in [5, 5.41) is 6.87. The van der Waals surface area contributed by atoms with Gasteiger partial charge in [-0.1, -0.05) is 20.8 Å². The van der Waals surface area contributed by atoms with Crippen LogP contribution in [-0.4, -0.2) is 17.3 Å². The lowest BCUT2D eigenvalue weighted by molar-refractivity contribution is 0.397. The van der Waals surface area contributed by atoms with E-state index in [1.807, 2.05) is 18.2 Å². The second-order valence-electron chi connectivity index (χ2n) is 5.37. The number of anilines is 1. The van der Waals surface area contributed by atoms with Crippen molar-refractivity contribution in [3.63, 3.8) is 0 Å². The molecule has 0 saturated carbocycles. The summed E-state index contributed by atoms with van der Waals surface area (Å²) in [6, 6.07) is 7.92. The van der Waals surface area contributed by atoms with Gasteiger partial charge in [0.2, 0.25) is 0 Å². The highest BCUT2D eigenvalue weighted by Crippen LogP contribution is 2.34. The smallest absolute Gasteiger partial charge is 0.145 e. The van der Waals surface area contributed by atoms with Crippen LogP contribution in [-0.2, 0) is 5.41 Å². The molecule has 96 valence electrons. The van der Waals surface area contributed by atoms with Gasteiger partial charge in [-0.25, -0.2) is 0 Å². The maximum absolute atomic E-state index is 5.63. The molecule has 1 heterocycles. The number of H-pyrrole nitrogens is 1. The normalized spacial score (nSPS) is 11.6. The minimum Gasteiger partial charge on any atom is -0.496 e. The Morgan fingerprint density at radius 3 is 2.44 bits per heavy atom. The minimum absolute atomic E-state index is 0.0208. The Kier molecular flexibility index (Phi) is 3.03. The number of benzene rings is 1. The van der Waals surface area contributed by atoms with Gasteiger partial charge >= 0.3 is 0 Å². The summed E-state index contributed by atoms with van der Waals surface area (Å²) < 4.78 is 5.42. The van der Waals surface area contributed by atoms with Gasteiger partial charge in [0.25, 0.3) is 0 Å². The predicted octanol–water partition coefficient (Wildman–Crippen LogP) is 2.97. The first-order valence-electron chi connectivity index (χ1n) is 5.91. The number of aromatic nitrogens is 2. The molecule has 1 aromatic carbocycles. The van der Waals surface area contributed by atoms with E-state index in [2.05, 4.69) is 37.0 Å². The van der Waals surface area contributed by atoms with E-state index < -0.39 is 0 Å². The van der Waals surface area contributed by atoms with Gasteiger partial charge < -0.3 is 10.5 Å². The van der Waals surface area contributed by atoms with Crippen LogP contribution in [0, 0.1) is 0 Å². The molecule has 0 aliphatic carbocycles. The lowest BCUT2D eigenvalue weighted by Crippen LogP contribution is -2.12. The third-order valence-electron chi connectivity index (χ3n) is 2.92. The summed E-state index contributed by atoms with van der Waals surface area (Å²) in [6.07, 6.45) is 0. The summed E-state index contributed by atoms with van der Waals surface area (Å²) in [4.78, 5) is 0. The van der Waals surface area contributed by atoms with Crippen molar-refractivity contribution >= 4 is 5.82 Å². The number of methoxy groups -OCH3 is 1.